The number of carboxylic acids is 1. The molecule has 1 aromatic heterocycles. The van der Waals surface area contributed by atoms with Gasteiger partial charge in [0, 0.05) is 6.07 Å². The number of aromatic nitrogens is 1. The van der Waals surface area contributed by atoms with Gasteiger partial charge in [0.2, 0.25) is 5.76 Å². The Hall–Kier alpha value is -2.15. The van der Waals surface area contributed by atoms with Gasteiger partial charge in [0.1, 0.15) is 17.2 Å². The second kappa shape index (κ2) is 5.87. The average Bonchev–Trinajstić information content (AvgIpc) is 2.95. The van der Waals surface area contributed by atoms with E-state index in [1.54, 1.807) is 20.3 Å². The quantitative estimate of drug-likeness (QED) is 0.849. The molecule has 106 valence electrons. The van der Waals surface area contributed by atoms with Crippen LogP contribution in [0.1, 0.15) is 10.6 Å². The van der Waals surface area contributed by atoms with Crippen LogP contribution >= 0.6 is 11.8 Å². The van der Waals surface area contributed by atoms with Crippen LogP contribution in [0.5, 0.6) is 11.5 Å². The van der Waals surface area contributed by atoms with Crippen LogP contribution in [-0.4, -0.2) is 36.7 Å². The fourth-order valence-corrected chi connectivity index (χ4v) is 2.36. The maximum absolute atomic E-state index is 10.9. The molecule has 0 atom stereocenters. The molecule has 2 rings (SSSR count). The lowest BCUT2D eigenvalue weighted by atomic mass is 10.1. The Morgan fingerprint density at radius 2 is 2.05 bits per heavy atom. The standard InChI is InChI=1S/C13H13NO5S/c1-17-7-4-8(12(18-2)11(5-7)20-3)9-6-10(13(15)16)19-14-9/h4-6H,1-3H3,(H,15,16). The van der Waals surface area contributed by atoms with Crippen molar-refractivity contribution in [3.63, 3.8) is 0 Å². The summed E-state index contributed by atoms with van der Waals surface area (Å²) in [5, 5.41) is 12.6. The topological polar surface area (TPSA) is 81.8 Å². The molecule has 7 heteroatoms. The fourth-order valence-electron chi connectivity index (χ4n) is 1.75. The van der Waals surface area contributed by atoms with Crippen LogP contribution in [-0.2, 0) is 0 Å². The van der Waals surface area contributed by atoms with Crippen molar-refractivity contribution in [2.45, 2.75) is 4.90 Å². The Morgan fingerprint density at radius 3 is 2.55 bits per heavy atom. The van der Waals surface area contributed by atoms with Gasteiger partial charge in [-0.1, -0.05) is 5.16 Å². The second-order valence-electron chi connectivity index (χ2n) is 3.79. The maximum Gasteiger partial charge on any atom is 0.374 e. The van der Waals surface area contributed by atoms with Gasteiger partial charge in [-0.05, 0) is 18.4 Å². The third-order valence-electron chi connectivity index (χ3n) is 2.68. The van der Waals surface area contributed by atoms with E-state index in [1.165, 1.54) is 17.8 Å². The first-order valence-corrected chi connectivity index (χ1v) is 6.83. The van der Waals surface area contributed by atoms with Crippen LogP contribution in [0, 0.1) is 0 Å². The predicted molar refractivity (Wildman–Crippen MR) is 73.8 cm³/mol. The number of nitrogens with zero attached hydrogens (tertiary/aromatic N) is 1. The van der Waals surface area contributed by atoms with Gasteiger partial charge in [0.25, 0.3) is 0 Å². The van der Waals surface area contributed by atoms with Crippen molar-refractivity contribution in [1.82, 2.24) is 5.16 Å². The van der Waals surface area contributed by atoms with Crippen molar-refractivity contribution in [2.24, 2.45) is 0 Å². The van der Waals surface area contributed by atoms with Crippen molar-refractivity contribution in [3.05, 3.63) is 24.0 Å². The van der Waals surface area contributed by atoms with Crippen molar-refractivity contribution in [3.8, 4) is 22.8 Å². The van der Waals surface area contributed by atoms with E-state index in [9.17, 15) is 4.79 Å². The molecule has 0 unspecified atom stereocenters. The van der Waals surface area contributed by atoms with E-state index in [4.69, 9.17) is 19.1 Å². The maximum atomic E-state index is 10.9. The average molecular weight is 295 g/mol. The SMILES string of the molecule is COc1cc(SC)c(OC)c(-c2cc(C(=O)O)on2)c1. The van der Waals surface area contributed by atoms with Crippen molar-refractivity contribution in [1.29, 1.82) is 0 Å². The zero-order valence-corrected chi connectivity index (χ0v) is 12.0. The number of carboxylic acid groups (broad SMARTS) is 1. The molecule has 0 saturated heterocycles. The smallest absolute Gasteiger partial charge is 0.374 e. The zero-order chi connectivity index (χ0) is 14.7. The van der Waals surface area contributed by atoms with Gasteiger partial charge in [-0.2, -0.15) is 0 Å². The molecule has 0 aliphatic rings. The number of ether oxygens (including phenoxy) is 2. The van der Waals surface area contributed by atoms with Crippen LogP contribution in [0.25, 0.3) is 11.3 Å². The monoisotopic (exact) mass is 295 g/mol. The molecule has 0 aliphatic heterocycles. The summed E-state index contributed by atoms with van der Waals surface area (Å²) in [6.07, 6.45) is 1.91. The molecule has 0 fully saturated rings. The highest BCUT2D eigenvalue weighted by molar-refractivity contribution is 7.98. The van der Waals surface area contributed by atoms with Gasteiger partial charge < -0.3 is 19.1 Å². The van der Waals surface area contributed by atoms with E-state index in [1.807, 2.05) is 12.3 Å². The predicted octanol–water partition coefficient (Wildman–Crippen LogP) is 2.78. The first kappa shape index (κ1) is 14.3. The lowest BCUT2D eigenvalue weighted by molar-refractivity contribution is 0.0652. The second-order valence-corrected chi connectivity index (χ2v) is 4.64. The summed E-state index contributed by atoms with van der Waals surface area (Å²) in [7, 11) is 3.10. The van der Waals surface area contributed by atoms with Crippen molar-refractivity contribution >= 4 is 17.7 Å². The fraction of sp³-hybridized carbons (Fsp3) is 0.231. The Labute approximate surface area is 119 Å². The highest BCUT2D eigenvalue weighted by Gasteiger charge is 2.19. The third-order valence-corrected chi connectivity index (χ3v) is 3.43. The lowest BCUT2D eigenvalue weighted by Crippen LogP contribution is -1.94. The molecule has 0 saturated carbocycles. The number of aromatic carboxylic acids is 1. The van der Waals surface area contributed by atoms with Crippen molar-refractivity contribution < 1.29 is 23.9 Å². The first-order chi connectivity index (χ1) is 9.60. The molecular weight excluding hydrogens is 282 g/mol. The Morgan fingerprint density at radius 1 is 1.30 bits per heavy atom. The Balaban J connectivity index is 2.60. The molecule has 6 nitrogen and oxygen atoms in total. The summed E-state index contributed by atoms with van der Waals surface area (Å²) >= 11 is 1.49. The largest absolute Gasteiger partial charge is 0.497 e. The summed E-state index contributed by atoms with van der Waals surface area (Å²) in [5.74, 6) is -0.167. The van der Waals surface area contributed by atoms with Crippen LogP contribution in [0.15, 0.2) is 27.6 Å². The number of rotatable bonds is 5. The minimum atomic E-state index is -1.17. The molecule has 20 heavy (non-hydrogen) atoms. The van der Waals surface area contributed by atoms with E-state index in [-0.39, 0.29) is 5.76 Å². The summed E-state index contributed by atoms with van der Waals surface area (Å²) in [6, 6.07) is 4.91. The summed E-state index contributed by atoms with van der Waals surface area (Å²) in [6.45, 7) is 0. The molecule has 2 aromatic rings. The minimum Gasteiger partial charge on any atom is -0.497 e. The van der Waals surface area contributed by atoms with Crippen LogP contribution < -0.4 is 9.47 Å². The van der Waals surface area contributed by atoms with Crippen LogP contribution in [0.3, 0.4) is 0 Å². The van der Waals surface area contributed by atoms with Crippen molar-refractivity contribution in [2.75, 3.05) is 20.5 Å². The molecule has 1 N–H and O–H groups in total. The first-order valence-electron chi connectivity index (χ1n) is 5.61. The molecule has 1 heterocycles. The molecule has 0 radical (unpaired) electrons. The van der Waals surface area contributed by atoms with Gasteiger partial charge in [-0.3, -0.25) is 0 Å². The number of hydrogen-bond acceptors (Lipinski definition) is 6. The molecule has 0 amide bonds. The van der Waals surface area contributed by atoms with E-state index in [2.05, 4.69) is 5.16 Å². The van der Waals surface area contributed by atoms with E-state index in [0.29, 0.717) is 22.8 Å². The van der Waals surface area contributed by atoms with Gasteiger partial charge >= 0.3 is 5.97 Å². The van der Waals surface area contributed by atoms with Crippen LogP contribution in [0.4, 0.5) is 0 Å². The van der Waals surface area contributed by atoms with E-state index >= 15 is 0 Å². The molecule has 0 bridgehead atoms. The molecule has 0 spiro atoms. The minimum absolute atomic E-state index is 0.226. The third kappa shape index (κ3) is 2.57. The number of thioether (sulfide) groups is 1. The lowest BCUT2D eigenvalue weighted by Gasteiger charge is -2.12. The molecule has 1 aromatic carbocycles. The number of carbonyl (C=O) groups is 1. The number of benzene rings is 1. The highest BCUT2D eigenvalue weighted by atomic mass is 32.2. The Kier molecular flexibility index (Phi) is 4.19. The molecule has 0 aliphatic carbocycles. The number of methoxy groups -OCH3 is 2. The van der Waals surface area contributed by atoms with Crippen LogP contribution in [0.2, 0.25) is 0 Å². The van der Waals surface area contributed by atoms with E-state index < -0.39 is 5.97 Å². The van der Waals surface area contributed by atoms with Gasteiger partial charge in [-0.15, -0.1) is 11.8 Å². The highest BCUT2D eigenvalue weighted by Crippen LogP contribution is 2.40. The van der Waals surface area contributed by atoms with E-state index in [0.717, 1.165) is 4.90 Å². The number of hydrogen-bond donors (Lipinski definition) is 1. The molecular formula is C13H13NO5S. The summed E-state index contributed by atoms with van der Waals surface area (Å²) in [5.41, 5.74) is 1.00. The van der Waals surface area contributed by atoms with Gasteiger partial charge in [0.15, 0.2) is 0 Å². The summed E-state index contributed by atoms with van der Waals surface area (Å²) < 4.78 is 15.4. The van der Waals surface area contributed by atoms with Gasteiger partial charge in [-0.25, -0.2) is 4.79 Å². The zero-order valence-electron chi connectivity index (χ0n) is 11.2. The summed E-state index contributed by atoms with van der Waals surface area (Å²) in [4.78, 5) is 11.7. The normalized spacial score (nSPS) is 10.3. The van der Waals surface area contributed by atoms with Gasteiger partial charge in [0.05, 0.1) is 24.7 Å². The Bertz CT molecular complexity index is 638.